The normalized spacial score (nSPS) is 10.9. The first-order valence-corrected chi connectivity index (χ1v) is 8.57. The lowest BCUT2D eigenvalue weighted by Crippen LogP contribution is -2.27. The van der Waals surface area contributed by atoms with Gasteiger partial charge in [0.15, 0.2) is 5.65 Å². The van der Waals surface area contributed by atoms with Crippen molar-refractivity contribution in [3.8, 4) is 5.69 Å². The van der Waals surface area contributed by atoms with E-state index in [1.165, 1.54) is 41.4 Å². The molecule has 0 atom stereocenters. The number of anilines is 1. The number of para-hydroxylation sites is 1. The molecule has 0 saturated heterocycles. The third kappa shape index (κ3) is 3.27. The first kappa shape index (κ1) is 17.6. The zero-order valence-corrected chi connectivity index (χ0v) is 15.0. The van der Waals surface area contributed by atoms with E-state index < -0.39 is 11.7 Å². The molecular weight excluding hydrogens is 361 g/mol. The lowest BCUT2D eigenvalue weighted by atomic mass is 10.2. The van der Waals surface area contributed by atoms with Gasteiger partial charge in [-0.15, -0.1) is 0 Å². The molecule has 0 bridgehead atoms. The molecule has 140 valence electrons. The van der Waals surface area contributed by atoms with E-state index in [2.05, 4.69) is 15.4 Å². The first-order valence-electron chi connectivity index (χ1n) is 8.57. The molecular formula is C20H16FN5O2. The summed E-state index contributed by atoms with van der Waals surface area (Å²) in [7, 11) is 0. The Morgan fingerprint density at radius 1 is 1.14 bits per heavy atom. The molecule has 8 heteroatoms. The highest BCUT2D eigenvalue weighted by molar-refractivity contribution is 5.90. The molecule has 0 spiro atoms. The molecule has 0 saturated carbocycles. The Morgan fingerprint density at radius 2 is 1.89 bits per heavy atom. The molecule has 0 fully saturated rings. The van der Waals surface area contributed by atoms with Crippen LogP contribution in [0.1, 0.15) is 5.56 Å². The van der Waals surface area contributed by atoms with Crippen LogP contribution in [0.3, 0.4) is 0 Å². The van der Waals surface area contributed by atoms with E-state index in [-0.39, 0.29) is 12.1 Å². The van der Waals surface area contributed by atoms with Crippen molar-refractivity contribution in [2.24, 2.45) is 0 Å². The maximum atomic E-state index is 12.9. The number of rotatable bonds is 4. The summed E-state index contributed by atoms with van der Waals surface area (Å²) >= 11 is 0. The number of nitrogens with zero attached hydrogens (tertiary/aromatic N) is 4. The van der Waals surface area contributed by atoms with Crippen LogP contribution in [0, 0.1) is 12.7 Å². The van der Waals surface area contributed by atoms with Gasteiger partial charge in [-0.25, -0.2) is 14.1 Å². The summed E-state index contributed by atoms with van der Waals surface area (Å²) in [4.78, 5) is 29.3. The molecule has 4 rings (SSSR count). The molecule has 7 nitrogen and oxygen atoms in total. The second-order valence-corrected chi connectivity index (χ2v) is 6.31. The van der Waals surface area contributed by atoms with Crippen molar-refractivity contribution in [3.63, 3.8) is 0 Å². The summed E-state index contributed by atoms with van der Waals surface area (Å²) in [6.07, 6.45) is 2.77. The Labute approximate surface area is 159 Å². The SMILES string of the molecule is Cc1ccccc1-n1ncc2c(=O)n(CC(=O)Nc3ccc(F)cc3)cnc21. The predicted octanol–water partition coefficient (Wildman–Crippen LogP) is 2.67. The Balaban J connectivity index is 1.62. The summed E-state index contributed by atoms with van der Waals surface area (Å²) < 4.78 is 15.8. The molecule has 2 heterocycles. The maximum Gasteiger partial charge on any atom is 0.264 e. The van der Waals surface area contributed by atoms with Crippen LogP contribution in [0.25, 0.3) is 16.7 Å². The quantitative estimate of drug-likeness (QED) is 0.593. The van der Waals surface area contributed by atoms with Gasteiger partial charge in [-0.05, 0) is 42.8 Å². The van der Waals surface area contributed by atoms with Crippen molar-refractivity contribution in [2.45, 2.75) is 13.5 Å². The highest BCUT2D eigenvalue weighted by atomic mass is 19.1. The van der Waals surface area contributed by atoms with Gasteiger partial charge in [0, 0.05) is 5.69 Å². The molecule has 0 unspecified atom stereocenters. The average molecular weight is 377 g/mol. The van der Waals surface area contributed by atoms with Gasteiger partial charge in [-0.1, -0.05) is 18.2 Å². The molecule has 0 aliphatic rings. The zero-order valence-electron chi connectivity index (χ0n) is 15.0. The van der Waals surface area contributed by atoms with Crippen molar-refractivity contribution in [1.29, 1.82) is 0 Å². The fourth-order valence-electron chi connectivity index (χ4n) is 2.93. The third-order valence-corrected chi connectivity index (χ3v) is 4.34. The van der Waals surface area contributed by atoms with Gasteiger partial charge >= 0.3 is 0 Å². The van der Waals surface area contributed by atoms with E-state index in [9.17, 15) is 14.0 Å². The molecule has 1 N–H and O–H groups in total. The number of amides is 1. The van der Waals surface area contributed by atoms with Gasteiger partial charge in [0.25, 0.3) is 5.56 Å². The van der Waals surface area contributed by atoms with Crippen LogP contribution >= 0.6 is 0 Å². The molecule has 0 radical (unpaired) electrons. The van der Waals surface area contributed by atoms with E-state index in [0.29, 0.717) is 16.7 Å². The van der Waals surface area contributed by atoms with Crippen LogP contribution in [0.4, 0.5) is 10.1 Å². The lowest BCUT2D eigenvalue weighted by molar-refractivity contribution is -0.116. The monoisotopic (exact) mass is 377 g/mol. The Kier molecular flexibility index (Phi) is 4.44. The topological polar surface area (TPSA) is 81.8 Å². The summed E-state index contributed by atoms with van der Waals surface area (Å²) in [5.74, 6) is -0.810. The van der Waals surface area contributed by atoms with E-state index in [4.69, 9.17) is 0 Å². The number of halogens is 1. The average Bonchev–Trinajstić information content (AvgIpc) is 3.11. The van der Waals surface area contributed by atoms with Gasteiger partial charge in [-0.2, -0.15) is 5.10 Å². The molecule has 0 aliphatic heterocycles. The van der Waals surface area contributed by atoms with Crippen LogP contribution in [0.15, 0.2) is 65.8 Å². The Morgan fingerprint density at radius 3 is 2.64 bits per heavy atom. The van der Waals surface area contributed by atoms with Crippen molar-refractivity contribution < 1.29 is 9.18 Å². The van der Waals surface area contributed by atoms with Gasteiger partial charge in [0.05, 0.1) is 11.9 Å². The van der Waals surface area contributed by atoms with Crippen molar-refractivity contribution in [3.05, 3.63) is 82.8 Å². The zero-order chi connectivity index (χ0) is 19.7. The van der Waals surface area contributed by atoms with E-state index >= 15 is 0 Å². The molecule has 28 heavy (non-hydrogen) atoms. The van der Waals surface area contributed by atoms with E-state index in [0.717, 1.165) is 11.3 Å². The van der Waals surface area contributed by atoms with E-state index in [1.54, 1.807) is 4.68 Å². The second-order valence-electron chi connectivity index (χ2n) is 6.31. The fourth-order valence-corrected chi connectivity index (χ4v) is 2.93. The number of aryl methyl sites for hydroxylation is 1. The molecule has 1 amide bonds. The first-order chi connectivity index (χ1) is 13.5. The Bertz CT molecular complexity index is 1230. The molecule has 4 aromatic rings. The number of carbonyl (C=O) groups excluding carboxylic acids is 1. The smallest absolute Gasteiger partial charge is 0.264 e. The van der Waals surface area contributed by atoms with Crippen LogP contribution in [-0.4, -0.2) is 25.2 Å². The minimum atomic E-state index is -0.416. The summed E-state index contributed by atoms with van der Waals surface area (Å²) in [6, 6.07) is 13.0. The predicted molar refractivity (Wildman–Crippen MR) is 103 cm³/mol. The number of hydrogen-bond acceptors (Lipinski definition) is 4. The number of nitrogens with one attached hydrogen (secondary N) is 1. The van der Waals surface area contributed by atoms with Crippen LogP contribution in [0.2, 0.25) is 0 Å². The summed E-state index contributed by atoms with van der Waals surface area (Å²) in [5.41, 5.74) is 2.34. The second kappa shape index (κ2) is 7.07. The minimum Gasteiger partial charge on any atom is -0.325 e. The Hall–Kier alpha value is -3.81. The maximum absolute atomic E-state index is 12.9. The number of fused-ring (bicyclic) bond motifs is 1. The lowest BCUT2D eigenvalue weighted by Gasteiger charge is -2.08. The van der Waals surface area contributed by atoms with Gasteiger partial charge in [0.2, 0.25) is 5.91 Å². The molecule has 2 aromatic heterocycles. The standard InChI is InChI=1S/C20H16FN5O2/c1-13-4-2-3-5-17(13)26-19-16(10-23-26)20(28)25(12-22-19)11-18(27)24-15-8-6-14(21)7-9-15/h2-10,12H,11H2,1H3,(H,24,27). The minimum absolute atomic E-state index is 0.214. The van der Waals surface area contributed by atoms with Crippen molar-refractivity contribution in [2.75, 3.05) is 5.32 Å². The van der Waals surface area contributed by atoms with Gasteiger partial charge in [-0.3, -0.25) is 14.2 Å². The number of carbonyl (C=O) groups is 1. The largest absolute Gasteiger partial charge is 0.325 e. The highest BCUT2D eigenvalue weighted by Crippen LogP contribution is 2.17. The highest BCUT2D eigenvalue weighted by Gasteiger charge is 2.14. The van der Waals surface area contributed by atoms with Crippen LogP contribution in [0.5, 0.6) is 0 Å². The van der Waals surface area contributed by atoms with Crippen LogP contribution < -0.4 is 10.9 Å². The number of benzene rings is 2. The van der Waals surface area contributed by atoms with Gasteiger partial charge < -0.3 is 5.32 Å². The molecule has 2 aromatic carbocycles. The fraction of sp³-hybridized carbons (Fsp3) is 0.100. The van der Waals surface area contributed by atoms with Crippen molar-refractivity contribution >= 4 is 22.6 Å². The third-order valence-electron chi connectivity index (χ3n) is 4.34. The van der Waals surface area contributed by atoms with Crippen LogP contribution in [-0.2, 0) is 11.3 Å². The van der Waals surface area contributed by atoms with E-state index in [1.807, 2.05) is 31.2 Å². The summed E-state index contributed by atoms with van der Waals surface area (Å²) in [5, 5.41) is 7.23. The summed E-state index contributed by atoms with van der Waals surface area (Å²) in [6.45, 7) is 1.73. The van der Waals surface area contributed by atoms with Gasteiger partial charge in [0.1, 0.15) is 24.1 Å². The molecule has 0 aliphatic carbocycles. The number of hydrogen-bond donors (Lipinski definition) is 1. The van der Waals surface area contributed by atoms with Crippen molar-refractivity contribution in [1.82, 2.24) is 19.3 Å². The number of aromatic nitrogens is 4.